The van der Waals surface area contributed by atoms with E-state index in [0.717, 1.165) is 12.3 Å². The predicted molar refractivity (Wildman–Crippen MR) is 67.8 cm³/mol. The van der Waals surface area contributed by atoms with Gasteiger partial charge in [-0.15, -0.1) is 0 Å². The average Bonchev–Trinajstić information content (AvgIpc) is 2.94. The molecular weight excluding hydrogens is 231 g/mol. The normalized spacial score (nSPS) is 29.3. The van der Waals surface area contributed by atoms with Crippen LogP contribution in [0.2, 0.25) is 0 Å². The molecule has 0 aliphatic heterocycles. The molecule has 3 rings (SSSR count). The minimum atomic E-state index is -0.402. The molecule has 0 radical (unpaired) electrons. The third kappa shape index (κ3) is 2.19. The Balaban J connectivity index is 1.58. The third-order valence-electron chi connectivity index (χ3n) is 4.18. The van der Waals surface area contributed by atoms with E-state index in [-0.39, 0.29) is 17.8 Å². The molecular formula is C14H17FN2O. The van der Waals surface area contributed by atoms with Crippen LogP contribution in [0.3, 0.4) is 0 Å². The Kier molecular flexibility index (Phi) is 2.94. The van der Waals surface area contributed by atoms with Crippen molar-refractivity contribution in [2.45, 2.75) is 31.7 Å². The van der Waals surface area contributed by atoms with Crippen molar-refractivity contribution in [3.63, 3.8) is 0 Å². The van der Waals surface area contributed by atoms with Gasteiger partial charge in [0.1, 0.15) is 5.82 Å². The van der Waals surface area contributed by atoms with E-state index in [0.29, 0.717) is 5.92 Å². The quantitative estimate of drug-likeness (QED) is 0.829. The van der Waals surface area contributed by atoms with Gasteiger partial charge >= 0.3 is 6.03 Å². The maximum atomic E-state index is 13.4. The summed E-state index contributed by atoms with van der Waals surface area (Å²) in [6, 6.07) is 6.20. The van der Waals surface area contributed by atoms with Crippen molar-refractivity contribution in [3.05, 3.63) is 30.1 Å². The fraction of sp³-hybridized carbons (Fsp3) is 0.500. The summed E-state index contributed by atoms with van der Waals surface area (Å²) in [4.78, 5) is 11.8. The molecule has 2 N–H and O–H groups in total. The Morgan fingerprint density at radius 2 is 2.06 bits per heavy atom. The molecule has 2 amide bonds. The van der Waals surface area contributed by atoms with Crippen LogP contribution in [-0.4, -0.2) is 12.1 Å². The van der Waals surface area contributed by atoms with Crippen LogP contribution in [0.1, 0.15) is 25.7 Å². The maximum absolute atomic E-state index is 13.4. The Hall–Kier alpha value is -1.58. The lowest BCUT2D eigenvalue weighted by Crippen LogP contribution is -2.41. The zero-order chi connectivity index (χ0) is 12.5. The van der Waals surface area contributed by atoms with Crippen molar-refractivity contribution in [2.24, 2.45) is 11.8 Å². The predicted octanol–water partition coefficient (Wildman–Crippen LogP) is 3.14. The highest BCUT2D eigenvalue weighted by molar-refractivity contribution is 5.89. The number of urea groups is 1. The first-order valence-corrected chi connectivity index (χ1v) is 6.54. The molecule has 18 heavy (non-hydrogen) atoms. The first-order valence-electron chi connectivity index (χ1n) is 6.54. The molecule has 1 aromatic rings. The number of para-hydroxylation sites is 1. The highest BCUT2D eigenvalue weighted by atomic mass is 19.1. The molecule has 3 atom stereocenters. The fourth-order valence-corrected chi connectivity index (χ4v) is 3.31. The summed E-state index contributed by atoms with van der Waals surface area (Å²) < 4.78 is 13.4. The molecule has 0 heterocycles. The number of carbonyl (C=O) groups excluding carboxylic acids is 1. The summed E-state index contributed by atoms with van der Waals surface area (Å²) in [5, 5.41) is 5.54. The van der Waals surface area contributed by atoms with Gasteiger partial charge in [-0.25, -0.2) is 9.18 Å². The summed E-state index contributed by atoms with van der Waals surface area (Å²) in [5.74, 6) is 1.01. The minimum Gasteiger partial charge on any atom is -0.335 e. The fourth-order valence-electron chi connectivity index (χ4n) is 3.31. The number of rotatable bonds is 2. The van der Waals surface area contributed by atoms with E-state index < -0.39 is 5.82 Å². The Bertz CT molecular complexity index is 463. The van der Waals surface area contributed by atoms with Crippen LogP contribution in [0, 0.1) is 17.7 Å². The molecule has 2 aliphatic rings. The summed E-state index contributed by atoms with van der Waals surface area (Å²) in [5.41, 5.74) is 0.234. The van der Waals surface area contributed by atoms with Crippen LogP contribution in [0.25, 0.3) is 0 Å². The zero-order valence-electron chi connectivity index (χ0n) is 10.2. The number of fused-ring (bicyclic) bond motifs is 2. The third-order valence-corrected chi connectivity index (χ3v) is 4.18. The molecule has 1 aromatic carbocycles. The van der Waals surface area contributed by atoms with Gasteiger partial charge in [0.25, 0.3) is 0 Å². The van der Waals surface area contributed by atoms with E-state index in [9.17, 15) is 9.18 Å². The van der Waals surface area contributed by atoms with E-state index in [4.69, 9.17) is 0 Å². The van der Waals surface area contributed by atoms with Crippen LogP contribution in [-0.2, 0) is 0 Å². The first kappa shape index (κ1) is 11.5. The molecule has 4 heteroatoms. The largest absolute Gasteiger partial charge is 0.335 e. The highest BCUT2D eigenvalue weighted by Gasteiger charge is 2.40. The van der Waals surface area contributed by atoms with Crippen molar-refractivity contribution in [1.29, 1.82) is 0 Å². The van der Waals surface area contributed by atoms with E-state index in [1.165, 1.54) is 25.3 Å². The van der Waals surface area contributed by atoms with E-state index in [2.05, 4.69) is 10.6 Å². The Morgan fingerprint density at radius 3 is 2.72 bits per heavy atom. The van der Waals surface area contributed by atoms with Gasteiger partial charge in [0.05, 0.1) is 5.69 Å². The summed E-state index contributed by atoms with van der Waals surface area (Å²) in [7, 11) is 0. The number of hydrogen-bond donors (Lipinski definition) is 2. The van der Waals surface area contributed by atoms with E-state index in [1.54, 1.807) is 18.2 Å². The average molecular weight is 248 g/mol. The Morgan fingerprint density at radius 1 is 1.22 bits per heavy atom. The minimum absolute atomic E-state index is 0.234. The van der Waals surface area contributed by atoms with Gasteiger partial charge in [-0.05, 0) is 43.2 Å². The zero-order valence-corrected chi connectivity index (χ0v) is 10.2. The molecule has 96 valence electrons. The van der Waals surface area contributed by atoms with Crippen molar-refractivity contribution >= 4 is 11.7 Å². The summed E-state index contributed by atoms with van der Waals surface area (Å²) in [6.07, 6.45) is 4.84. The van der Waals surface area contributed by atoms with E-state index >= 15 is 0 Å². The monoisotopic (exact) mass is 248 g/mol. The second-order valence-electron chi connectivity index (χ2n) is 5.36. The number of nitrogens with one attached hydrogen (secondary N) is 2. The van der Waals surface area contributed by atoms with E-state index in [1.807, 2.05) is 0 Å². The second-order valence-corrected chi connectivity index (χ2v) is 5.36. The molecule has 2 bridgehead atoms. The van der Waals surface area contributed by atoms with Gasteiger partial charge in [0.15, 0.2) is 0 Å². The van der Waals surface area contributed by atoms with Crippen LogP contribution in [0.4, 0.5) is 14.9 Å². The maximum Gasteiger partial charge on any atom is 0.319 e. The molecule has 3 unspecified atom stereocenters. The lowest BCUT2D eigenvalue weighted by Gasteiger charge is -2.23. The molecule has 0 aromatic heterocycles. The standard InChI is InChI=1S/C14H17FN2O/c15-11-3-1-2-4-12(11)16-14(18)17-13-8-9-5-6-10(13)7-9/h1-4,9-10,13H,5-8H2,(H2,16,17,18). The summed E-state index contributed by atoms with van der Waals surface area (Å²) in [6.45, 7) is 0. The highest BCUT2D eigenvalue weighted by Crippen LogP contribution is 2.44. The molecule has 2 fully saturated rings. The number of carbonyl (C=O) groups is 1. The van der Waals surface area contributed by atoms with Crippen molar-refractivity contribution < 1.29 is 9.18 Å². The van der Waals surface area contributed by atoms with Crippen LogP contribution >= 0.6 is 0 Å². The van der Waals surface area contributed by atoms with Crippen LogP contribution in [0.15, 0.2) is 24.3 Å². The number of halogens is 1. The molecule has 0 spiro atoms. The lowest BCUT2D eigenvalue weighted by molar-refractivity contribution is 0.242. The van der Waals surface area contributed by atoms with Gasteiger partial charge in [-0.2, -0.15) is 0 Å². The molecule has 2 saturated carbocycles. The topological polar surface area (TPSA) is 41.1 Å². The van der Waals surface area contributed by atoms with Gasteiger partial charge in [0.2, 0.25) is 0 Å². The number of benzene rings is 1. The van der Waals surface area contributed by atoms with Crippen molar-refractivity contribution in [2.75, 3.05) is 5.32 Å². The Labute approximate surface area is 106 Å². The smallest absolute Gasteiger partial charge is 0.319 e. The van der Waals surface area contributed by atoms with Gasteiger partial charge in [0, 0.05) is 6.04 Å². The van der Waals surface area contributed by atoms with Crippen molar-refractivity contribution in [1.82, 2.24) is 5.32 Å². The molecule has 0 saturated heterocycles. The van der Waals surface area contributed by atoms with Crippen LogP contribution in [0.5, 0.6) is 0 Å². The number of hydrogen-bond acceptors (Lipinski definition) is 1. The lowest BCUT2D eigenvalue weighted by atomic mass is 9.95. The summed E-state index contributed by atoms with van der Waals surface area (Å²) >= 11 is 0. The van der Waals surface area contributed by atoms with Gasteiger partial charge in [-0.1, -0.05) is 18.6 Å². The second kappa shape index (κ2) is 4.59. The molecule has 3 nitrogen and oxygen atoms in total. The number of anilines is 1. The van der Waals surface area contributed by atoms with Crippen LogP contribution < -0.4 is 10.6 Å². The van der Waals surface area contributed by atoms with Crippen molar-refractivity contribution in [3.8, 4) is 0 Å². The van der Waals surface area contributed by atoms with Gasteiger partial charge < -0.3 is 10.6 Å². The first-order chi connectivity index (χ1) is 8.72. The molecule has 2 aliphatic carbocycles. The number of amides is 2. The van der Waals surface area contributed by atoms with Gasteiger partial charge in [-0.3, -0.25) is 0 Å². The SMILES string of the molecule is O=C(Nc1ccccc1F)NC1CC2CCC1C2.